The zero-order valence-electron chi connectivity index (χ0n) is 19.0. The van der Waals surface area contributed by atoms with E-state index in [2.05, 4.69) is 4.57 Å². The standard InChI is InChI=1S/C26H27Cl2N3O2/c1-26(2,3)31(25(33)20-7-4-5-8-21(20)28)17-23(32)30-16-15-29-14-6-9-22(29)24(30)18-10-12-19(27)13-11-18/h4-14,24H,15-17H2,1-3H3/t24-/m0/s1. The Balaban J connectivity index is 1.66. The first-order valence-electron chi connectivity index (χ1n) is 10.9. The molecule has 2 heterocycles. The maximum atomic E-state index is 13.7. The minimum Gasteiger partial charge on any atom is -0.348 e. The average Bonchev–Trinajstić information content (AvgIpc) is 3.25. The third-order valence-electron chi connectivity index (χ3n) is 6.00. The van der Waals surface area contributed by atoms with Crippen molar-refractivity contribution in [1.82, 2.24) is 14.4 Å². The second-order valence-corrected chi connectivity index (χ2v) is 10.1. The molecule has 0 saturated heterocycles. The summed E-state index contributed by atoms with van der Waals surface area (Å²) >= 11 is 12.4. The first kappa shape index (κ1) is 23.4. The fourth-order valence-corrected chi connectivity index (χ4v) is 4.61. The summed E-state index contributed by atoms with van der Waals surface area (Å²) in [5.41, 5.74) is 1.84. The minimum atomic E-state index is -0.572. The first-order valence-corrected chi connectivity index (χ1v) is 11.7. The number of amides is 2. The highest BCUT2D eigenvalue weighted by Crippen LogP contribution is 2.33. The van der Waals surface area contributed by atoms with Crippen LogP contribution >= 0.6 is 23.2 Å². The van der Waals surface area contributed by atoms with Crippen molar-refractivity contribution in [3.8, 4) is 0 Å². The third-order valence-corrected chi connectivity index (χ3v) is 6.58. The lowest BCUT2D eigenvalue weighted by atomic mass is 9.99. The molecule has 1 atom stereocenters. The maximum absolute atomic E-state index is 13.7. The van der Waals surface area contributed by atoms with Crippen molar-refractivity contribution in [2.24, 2.45) is 0 Å². The Labute approximate surface area is 204 Å². The summed E-state index contributed by atoms with van der Waals surface area (Å²) in [6.45, 7) is 6.98. The van der Waals surface area contributed by atoms with Crippen LogP contribution in [0.15, 0.2) is 66.9 Å². The third kappa shape index (κ3) is 4.80. The van der Waals surface area contributed by atoms with E-state index in [9.17, 15) is 9.59 Å². The second-order valence-electron chi connectivity index (χ2n) is 9.21. The van der Waals surface area contributed by atoms with Gasteiger partial charge < -0.3 is 14.4 Å². The van der Waals surface area contributed by atoms with Gasteiger partial charge in [-0.15, -0.1) is 0 Å². The van der Waals surface area contributed by atoms with Gasteiger partial charge in [-0.1, -0.05) is 47.5 Å². The molecule has 0 N–H and O–H groups in total. The number of rotatable bonds is 4. The number of halogens is 2. The SMILES string of the molecule is CC(C)(C)N(CC(=O)N1CCn2cccc2[C@@H]1c1ccc(Cl)cc1)C(=O)c1ccccc1Cl. The summed E-state index contributed by atoms with van der Waals surface area (Å²) in [6, 6.07) is 18.3. The fraction of sp³-hybridized carbons (Fsp3) is 0.308. The van der Waals surface area contributed by atoms with E-state index < -0.39 is 5.54 Å². The average molecular weight is 484 g/mol. The van der Waals surface area contributed by atoms with Gasteiger partial charge in [-0.25, -0.2) is 0 Å². The molecule has 7 heteroatoms. The highest BCUT2D eigenvalue weighted by Gasteiger charge is 2.36. The molecule has 172 valence electrons. The van der Waals surface area contributed by atoms with Crippen molar-refractivity contribution < 1.29 is 9.59 Å². The van der Waals surface area contributed by atoms with E-state index in [1.54, 1.807) is 29.2 Å². The van der Waals surface area contributed by atoms with Crippen molar-refractivity contribution in [2.45, 2.75) is 38.9 Å². The Morgan fingerprint density at radius 2 is 1.67 bits per heavy atom. The Kier molecular flexibility index (Phi) is 6.55. The number of carbonyl (C=O) groups excluding carboxylic acids is 2. The molecule has 3 aromatic rings. The van der Waals surface area contributed by atoms with Crippen LogP contribution in [0, 0.1) is 0 Å². The lowest BCUT2D eigenvalue weighted by Gasteiger charge is -2.41. The summed E-state index contributed by atoms with van der Waals surface area (Å²) in [5.74, 6) is -0.373. The van der Waals surface area contributed by atoms with Gasteiger partial charge in [0.2, 0.25) is 5.91 Å². The number of carbonyl (C=O) groups is 2. The Bertz CT molecular complexity index is 1160. The Morgan fingerprint density at radius 1 is 0.970 bits per heavy atom. The van der Waals surface area contributed by atoms with Crippen LogP contribution in [0.4, 0.5) is 0 Å². The molecule has 1 aliphatic rings. The number of fused-ring (bicyclic) bond motifs is 1. The Hall–Kier alpha value is -2.76. The van der Waals surface area contributed by atoms with Gasteiger partial charge in [0.25, 0.3) is 5.91 Å². The molecule has 0 spiro atoms. The van der Waals surface area contributed by atoms with Gasteiger partial charge in [-0.2, -0.15) is 0 Å². The fourth-order valence-electron chi connectivity index (χ4n) is 4.27. The van der Waals surface area contributed by atoms with Crippen LogP contribution in [0.2, 0.25) is 10.0 Å². The molecule has 2 aromatic carbocycles. The number of aromatic nitrogens is 1. The van der Waals surface area contributed by atoms with E-state index in [1.165, 1.54) is 0 Å². The molecule has 0 fully saturated rings. The van der Waals surface area contributed by atoms with Crippen molar-refractivity contribution in [1.29, 1.82) is 0 Å². The van der Waals surface area contributed by atoms with Crippen molar-refractivity contribution >= 4 is 35.0 Å². The highest BCUT2D eigenvalue weighted by atomic mass is 35.5. The number of nitrogens with zero attached hydrogens (tertiary/aromatic N) is 3. The molecule has 0 unspecified atom stereocenters. The number of hydrogen-bond acceptors (Lipinski definition) is 2. The largest absolute Gasteiger partial charge is 0.348 e. The smallest absolute Gasteiger partial charge is 0.256 e. The lowest BCUT2D eigenvalue weighted by molar-refractivity contribution is -0.135. The lowest BCUT2D eigenvalue weighted by Crippen LogP contribution is -2.53. The van der Waals surface area contributed by atoms with Gasteiger partial charge in [0.15, 0.2) is 0 Å². The van der Waals surface area contributed by atoms with Crippen LogP contribution in [0.3, 0.4) is 0 Å². The van der Waals surface area contributed by atoms with Crippen LogP contribution < -0.4 is 0 Å². The molecule has 4 rings (SSSR count). The van der Waals surface area contributed by atoms with Crippen LogP contribution in [0.1, 0.15) is 48.4 Å². The summed E-state index contributed by atoms with van der Waals surface area (Å²) in [5, 5.41) is 1.02. The maximum Gasteiger partial charge on any atom is 0.256 e. The zero-order valence-corrected chi connectivity index (χ0v) is 20.5. The molecule has 5 nitrogen and oxygen atoms in total. The summed E-state index contributed by atoms with van der Waals surface area (Å²) in [7, 11) is 0. The van der Waals surface area contributed by atoms with Crippen molar-refractivity contribution in [3.05, 3.63) is 93.7 Å². The topological polar surface area (TPSA) is 45.6 Å². The predicted molar refractivity (Wildman–Crippen MR) is 132 cm³/mol. The van der Waals surface area contributed by atoms with E-state index in [-0.39, 0.29) is 24.4 Å². The number of hydrogen-bond donors (Lipinski definition) is 0. The van der Waals surface area contributed by atoms with Gasteiger partial charge in [0, 0.05) is 35.5 Å². The quantitative estimate of drug-likeness (QED) is 0.479. The van der Waals surface area contributed by atoms with Crippen LogP contribution in [0.25, 0.3) is 0 Å². The van der Waals surface area contributed by atoms with Crippen LogP contribution in [-0.2, 0) is 11.3 Å². The molecule has 0 saturated carbocycles. The molecule has 1 aromatic heterocycles. The van der Waals surface area contributed by atoms with Crippen molar-refractivity contribution in [3.63, 3.8) is 0 Å². The van der Waals surface area contributed by atoms with Gasteiger partial charge in [0.05, 0.1) is 16.6 Å². The van der Waals surface area contributed by atoms with E-state index in [1.807, 2.05) is 68.3 Å². The molecule has 0 aliphatic carbocycles. The van der Waals surface area contributed by atoms with Gasteiger partial charge >= 0.3 is 0 Å². The molecule has 2 amide bonds. The molecule has 0 radical (unpaired) electrons. The van der Waals surface area contributed by atoms with E-state index in [0.29, 0.717) is 28.7 Å². The zero-order chi connectivity index (χ0) is 23.8. The van der Waals surface area contributed by atoms with E-state index in [0.717, 1.165) is 11.3 Å². The molecule has 1 aliphatic heterocycles. The summed E-state index contributed by atoms with van der Waals surface area (Å²) in [6.07, 6.45) is 2.03. The Morgan fingerprint density at radius 3 is 2.33 bits per heavy atom. The number of benzene rings is 2. The van der Waals surface area contributed by atoms with E-state index in [4.69, 9.17) is 23.2 Å². The van der Waals surface area contributed by atoms with Crippen LogP contribution in [-0.4, -0.2) is 44.8 Å². The normalized spacial score (nSPS) is 15.8. The van der Waals surface area contributed by atoms with Gasteiger partial charge in [0.1, 0.15) is 6.54 Å². The summed E-state index contributed by atoms with van der Waals surface area (Å²) in [4.78, 5) is 30.6. The van der Waals surface area contributed by atoms with Gasteiger partial charge in [-0.05, 0) is 62.7 Å². The summed E-state index contributed by atoms with van der Waals surface area (Å²) < 4.78 is 2.17. The second kappa shape index (κ2) is 9.24. The monoisotopic (exact) mass is 483 g/mol. The molecular weight excluding hydrogens is 457 g/mol. The first-order chi connectivity index (χ1) is 15.7. The van der Waals surface area contributed by atoms with Gasteiger partial charge in [-0.3, -0.25) is 9.59 Å². The van der Waals surface area contributed by atoms with Crippen molar-refractivity contribution in [2.75, 3.05) is 13.1 Å². The molecular formula is C26H27Cl2N3O2. The molecule has 0 bridgehead atoms. The van der Waals surface area contributed by atoms with E-state index >= 15 is 0 Å². The van der Waals surface area contributed by atoms with Crippen LogP contribution in [0.5, 0.6) is 0 Å². The molecule has 33 heavy (non-hydrogen) atoms. The predicted octanol–water partition coefficient (Wildman–Crippen LogP) is 5.67. The minimum absolute atomic E-state index is 0.0433. The highest BCUT2D eigenvalue weighted by molar-refractivity contribution is 6.33.